The van der Waals surface area contributed by atoms with Crippen LogP contribution < -0.4 is 0 Å². The number of rotatable bonds is 4. The zero-order valence-electron chi connectivity index (χ0n) is 15.2. The van der Waals surface area contributed by atoms with E-state index in [1.165, 1.54) is 6.20 Å². The van der Waals surface area contributed by atoms with Crippen LogP contribution in [0.5, 0.6) is 0 Å². The van der Waals surface area contributed by atoms with E-state index in [2.05, 4.69) is 10.1 Å². The van der Waals surface area contributed by atoms with Gasteiger partial charge in [0.1, 0.15) is 0 Å². The molecule has 1 fully saturated rings. The van der Waals surface area contributed by atoms with Crippen LogP contribution in [-0.2, 0) is 10.2 Å². The molecule has 0 bridgehead atoms. The van der Waals surface area contributed by atoms with Crippen molar-refractivity contribution in [3.8, 4) is 5.82 Å². The molecule has 1 aliphatic heterocycles. The third-order valence-electron chi connectivity index (χ3n) is 5.37. The summed E-state index contributed by atoms with van der Waals surface area (Å²) in [5, 5.41) is 14.0. The number of aromatic nitrogens is 3. The summed E-state index contributed by atoms with van der Waals surface area (Å²) < 4.78 is 1.62. The van der Waals surface area contributed by atoms with Crippen molar-refractivity contribution >= 4 is 11.9 Å². The molecule has 28 heavy (non-hydrogen) atoms. The third-order valence-corrected chi connectivity index (χ3v) is 5.37. The van der Waals surface area contributed by atoms with Crippen LogP contribution in [0.1, 0.15) is 28.8 Å². The van der Waals surface area contributed by atoms with E-state index in [0.717, 1.165) is 5.56 Å². The Hall–Kier alpha value is -3.48. The van der Waals surface area contributed by atoms with Gasteiger partial charge in [0.25, 0.3) is 5.91 Å². The fraction of sp³-hybridized carbons (Fsp3) is 0.238. The predicted octanol–water partition coefficient (Wildman–Crippen LogP) is 2.53. The minimum Gasteiger partial charge on any atom is -0.481 e. The molecule has 0 saturated carbocycles. The van der Waals surface area contributed by atoms with Crippen molar-refractivity contribution in [2.24, 2.45) is 0 Å². The van der Waals surface area contributed by atoms with E-state index in [0.29, 0.717) is 37.3 Å². The second-order valence-corrected chi connectivity index (χ2v) is 6.90. The molecular weight excluding hydrogens is 356 g/mol. The molecule has 7 nitrogen and oxygen atoms in total. The lowest BCUT2D eigenvalue weighted by Gasteiger charge is -2.39. The maximum absolute atomic E-state index is 12.8. The zero-order chi connectivity index (χ0) is 19.6. The van der Waals surface area contributed by atoms with Crippen LogP contribution in [0.2, 0.25) is 0 Å². The Balaban J connectivity index is 1.48. The smallest absolute Gasteiger partial charge is 0.314 e. The molecular formula is C21H20N4O3. The second-order valence-electron chi connectivity index (χ2n) is 6.90. The zero-order valence-corrected chi connectivity index (χ0v) is 15.2. The number of pyridine rings is 1. The molecule has 1 aromatic carbocycles. The van der Waals surface area contributed by atoms with Gasteiger partial charge < -0.3 is 10.0 Å². The van der Waals surface area contributed by atoms with Crippen molar-refractivity contribution < 1.29 is 14.7 Å². The highest BCUT2D eigenvalue weighted by molar-refractivity contribution is 5.94. The molecule has 3 heterocycles. The quantitative estimate of drug-likeness (QED) is 0.756. The normalized spacial score (nSPS) is 15.9. The van der Waals surface area contributed by atoms with Gasteiger partial charge in [-0.1, -0.05) is 30.3 Å². The highest BCUT2D eigenvalue weighted by atomic mass is 16.4. The topological polar surface area (TPSA) is 88.3 Å². The monoisotopic (exact) mass is 376 g/mol. The molecule has 3 aromatic rings. The van der Waals surface area contributed by atoms with Crippen LogP contribution in [0.4, 0.5) is 0 Å². The first kappa shape index (κ1) is 17.9. The Morgan fingerprint density at radius 2 is 1.75 bits per heavy atom. The maximum Gasteiger partial charge on any atom is 0.314 e. The number of piperidine rings is 1. The molecule has 1 aliphatic rings. The lowest BCUT2D eigenvalue weighted by Crippen LogP contribution is -2.49. The first-order valence-corrected chi connectivity index (χ1v) is 9.14. The van der Waals surface area contributed by atoms with E-state index >= 15 is 0 Å². The molecule has 2 aromatic heterocycles. The summed E-state index contributed by atoms with van der Waals surface area (Å²) in [6.07, 6.45) is 5.75. The van der Waals surface area contributed by atoms with E-state index in [9.17, 15) is 14.7 Å². The number of likely N-dealkylation sites (tertiary alicyclic amines) is 1. The average Bonchev–Trinajstić information content (AvgIpc) is 3.29. The van der Waals surface area contributed by atoms with E-state index in [1.54, 1.807) is 40.2 Å². The number of carboxylic acid groups (broad SMARTS) is 1. The van der Waals surface area contributed by atoms with Crippen LogP contribution >= 0.6 is 0 Å². The van der Waals surface area contributed by atoms with Gasteiger partial charge in [-0.05, 0) is 36.6 Å². The minimum absolute atomic E-state index is 0.133. The van der Waals surface area contributed by atoms with Crippen molar-refractivity contribution in [1.82, 2.24) is 19.7 Å². The number of carbonyl (C=O) groups is 2. The van der Waals surface area contributed by atoms with Crippen molar-refractivity contribution in [2.75, 3.05) is 13.1 Å². The summed E-state index contributed by atoms with van der Waals surface area (Å²) in [6, 6.07) is 14.5. The molecule has 0 spiro atoms. The number of benzene rings is 1. The molecule has 1 N–H and O–H groups in total. The van der Waals surface area contributed by atoms with Crippen molar-refractivity contribution in [2.45, 2.75) is 18.3 Å². The van der Waals surface area contributed by atoms with Crippen LogP contribution in [0.3, 0.4) is 0 Å². The van der Waals surface area contributed by atoms with Gasteiger partial charge in [-0.25, -0.2) is 9.67 Å². The first-order chi connectivity index (χ1) is 13.6. The molecule has 0 atom stereocenters. The first-order valence-electron chi connectivity index (χ1n) is 9.14. The van der Waals surface area contributed by atoms with E-state index in [1.807, 2.05) is 30.3 Å². The molecule has 1 saturated heterocycles. The van der Waals surface area contributed by atoms with Crippen LogP contribution in [-0.4, -0.2) is 49.7 Å². The largest absolute Gasteiger partial charge is 0.481 e. The number of nitrogens with zero attached hydrogens (tertiary/aromatic N) is 4. The SMILES string of the molecule is O=C(c1ccc(-n2cccn2)nc1)N1CCC(C(=O)O)(c2ccccc2)CC1. The van der Waals surface area contributed by atoms with Gasteiger partial charge in [0, 0.05) is 31.7 Å². The summed E-state index contributed by atoms with van der Waals surface area (Å²) >= 11 is 0. The summed E-state index contributed by atoms with van der Waals surface area (Å²) in [6.45, 7) is 0.780. The van der Waals surface area contributed by atoms with Crippen molar-refractivity contribution in [3.05, 3.63) is 78.2 Å². The number of hydrogen-bond acceptors (Lipinski definition) is 4. The van der Waals surface area contributed by atoms with Gasteiger partial charge in [0.05, 0.1) is 11.0 Å². The summed E-state index contributed by atoms with van der Waals surface area (Å²) in [4.78, 5) is 30.9. The van der Waals surface area contributed by atoms with Gasteiger partial charge in [0.15, 0.2) is 5.82 Å². The molecule has 1 amide bonds. The van der Waals surface area contributed by atoms with Crippen LogP contribution in [0.25, 0.3) is 5.82 Å². The standard InChI is InChI=1S/C21H20N4O3/c26-19(16-7-8-18(22-15-16)25-12-4-11-23-25)24-13-9-21(10-14-24,20(27)28)17-5-2-1-3-6-17/h1-8,11-12,15H,9-10,13-14H2,(H,27,28). The molecule has 0 radical (unpaired) electrons. The lowest BCUT2D eigenvalue weighted by molar-refractivity contribution is -0.145. The van der Waals surface area contributed by atoms with E-state index in [4.69, 9.17) is 0 Å². The summed E-state index contributed by atoms with van der Waals surface area (Å²) in [5.41, 5.74) is 0.332. The number of carbonyl (C=O) groups excluding carboxylic acids is 1. The van der Waals surface area contributed by atoms with Crippen LogP contribution in [0.15, 0.2) is 67.1 Å². The number of hydrogen-bond donors (Lipinski definition) is 1. The lowest BCUT2D eigenvalue weighted by atomic mass is 9.73. The molecule has 0 unspecified atom stereocenters. The Morgan fingerprint density at radius 1 is 1.00 bits per heavy atom. The van der Waals surface area contributed by atoms with Gasteiger partial charge in [0.2, 0.25) is 0 Å². The van der Waals surface area contributed by atoms with Gasteiger partial charge in [-0.15, -0.1) is 0 Å². The Kier molecular flexibility index (Phi) is 4.65. The van der Waals surface area contributed by atoms with E-state index < -0.39 is 11.4 Å². The average molecular weight is 376 g/mol. The van der Waals surface area contributed by atoms with Crippen molar-refractivity contribution in [1.29, 1.82) is 0 Å². The molecule has 7 heteroatoms. The highest BCUT2D eigenvalue weighted by Crippen LogP contribution is 2.36. The van der Waals surface area contributed by atoms with Gasteiger partial charge in [-0.3, -0.25) is 9.59 Å². The number of aliphatic carboxylic acids is 1. The number of amides is 1. The summed E-state index contributed by atoms with van der Waals surface area (Å²) in [7, 11) is 0. The Bertz CT molecular complexity index is 961. The van der Waals surface area contributed by atoms with Gasteiger partial charge in [-0.2, -0.15) is 5.10 Å². The maximum atomic E-state index is 12.8. The third kappa shape index (κ3) is 3.15. The fourth-order valence-corrected chi connectivity index (χ4v) is 3.71. The highest BCUT2D eigenvalue weighted by Gasteiger charge is 2.43. The molecule has 142 valence electrons. The number of carboxylic acids is 1. The second kappa shape index (κ2) is 7.26. The molecule has 4 rings (SSSR count). The molecule has 0 aliphatic carbocycles. The summed E-state index contributed by atoms with van der Waals surface area (Å²) in [5.74, 6) is -0.336. The predicted molar refractivity (Wildman–Crippen MR) is 102 cm³/mol. The van der Waals surface area contributed by atoms with Crippen molar-refractivity contribution in [3.63, 3.8) is 0 Å². The Morgan fingerprint density at radius 3 is 2.32 bits per heavy atom. The fourth-order valence-electron chi connectivity index (χ4n) is 3.71. The van der Waals surface area contributed by atoms with Gasteiger partial charge >= 0.3 is 5.97 Å². The van der Waals surface area contributed by atoms with E-state index in [-0.39, 0.29) is 5.91 Å². The minimum atomic E-state index is -0.944. The Labute approximate surface area is 162 Å². The van der Waals surface area contributed by atoms with Crippen LogP contribution in [0, 0.1) is 0 Å².